The molecular formula is C10H7F2N3O3. The number of ether oxygens (including phenoxy) is 1. The number of carboxylic acid groups (broad SMARTS) is 1. The van der Waals surface area contributed by atoms with Crippen LogP contribution in [0.3, 0.4) is 0 Å². The molecule has 0 aliphatic heterocycles. The maximum Gasteiger partial charge on any atom is 0.387 e. The summed E-state index contributed by atoms with van der Waals surface area (Å²) in [5.74, 6) is -1.37. The number of aromatic nitrogens is 3. The molecule has 2 rings (SSSR count). The number of halogens is 2. The van der Waals surface area contributed by atoms with E-state index >= 15 is 0 Å². The fourth-order valence-electron chi connectivity index (χ4n) is 1.32. The highest BCUT2D eigenvalue weighted by molar-refractivity contribution is 5.84. The van der Waals surface area contributed by atoms with Crippen molar-refractivity contribution < 1.29 is 23.4 Å². The maximum absolute atomic E-state index is 12.2. The van der Waals surface area contributed by atoms with Crippen LogP contribution in [0.4, 0.5) is 8.78 Å². The van der Waals surface area contributed by atoms with E-state index in [1.54, 1.807) is 6.07 Å². The van der Waals surface area contributed by atoms with Crippen molar-refractivity contribution in [1.82, 2.24) is 15.0 Å². The number of hydrogen-bond donors (Lipinski definition) is 1. The molecule has 0 fully saturated rings. The molecule has 0 bridgehead atoms. The van der Waals surface area contributed by atoms with Crippen molar-refractivity contribution in [2.45, 2.75) is 6.61 Å². The third-order valence-electron chi connectivity index (χ3n) is 2.04. The molecule has 0 aliphatic carbocycles. The van der Waals surface area contributed by atoms with Crippen LogP contribution in [0.1, 0.15) is 10.5 Å². The summed E-state index contributed by atoms with van der Waals surface area (Å²) in [6.07, 6.45) is 1.11. The van der Waals surface area contributed by atoms with Gasteiger partial charge in [-0.15, -0.1) is 5.10 Å². The van der Waals surface area contributed by atoms with Gasteiger partial charge < -0.3 is 9.84 Å². The zero-order chi connectivity index (χ0) is 13.1. The highest BCUT2D eigenvalue weighted by Crippen LogP contribution is 2.23. The Labute approximate surface area is 99.4 Å². The minimum absolute atomic E-state index is 0.116. The predicted molar refractivity (Wildman–Crippen MR) is 55.0 cm³/mol. The Kier molecular flexibility index (Phi) is 3.18. The Morgan fingerprint density at radius 3 is 2.72 bits per heavy atom. The lowest BCUT2D eigenvalue weighted by Gasteiger charge is -2.09. The van der Waals surface area contributed by atoms with Gasteiger partial charge in [0.25, 0.3) is 0 Å². The second-order valence-electron chi connectivity index (χ2n) is 3.20. The van der Waals surface area contributed by atoms with Crippen LogP contribution in [-0.4, -0.2) is 32.7 Å². The molecule has 0 saturated heterocycles. The summed E-state index contributed by atoms with van der Waals surface area (Å²) in [6, 6.07) is 5.87. The number of carboxylic acids is 1. The molecule has 1 N–H and O–H groups in total. The number of aromatic carboxylic acids is 1. The lowest BCUT2D eigenvalue weighted by molar-refractivity contribution is -0.0499. The van der Waals surface area contributed by atoms with E-state index in [1.165, 1.54) is 18.2 Å². The van der Waals surface area contributed by atoms with Gasteiger partial charge in [-0.2, -0.15) is 8.78 Å². The van der Waals surface area contributed by atoms with Gasteiger partial charge in [0.2, 0.25) is 0 Å². The largest absolute Gasteiger partial charge is 0.476 e. The summed E-state index contributed by atoms with van der Waals surface area (Å²) in [4.78, 5) is 10.6. The molecule has 0 spiro atoms. The summed E-state index contributed by atoms with van der Waals surface area (Å²) in [5.41, 5.74) is -0.111. The van der Waals surface area contributed by atoms with E-state index in [0.717, 1.165) is 10.9 Å². The van der Waals surface area contributed by atoms with Gasteiger partial charge in [-0.1, -0.05) is 17.3 Å². The molecule has 2 aromatic rings. The van der Waals surface area contributed by atoms with E-state index in [2.05, 4.69) is 15.0 Å². The van der Waals surface area contributed by atoms with Crippen LogP contribution in [0, 0.1) is 0 Å². The summed E-state index contributed by atoms with van der Waals surface area (Å²) in [7, 11) is 0. The number of carbonyl (C=O) groups is 1. The van der Waals surface area contributed by atoms with Crippen molar-refractivity contribution in [2.24, 2.45) is 0 Å². The minimum atomic E-state index is -2.98. The smallest absolute Gasteiger partial charge is 0.387 e. The van der Waals surface area contributed by atoms with Crippen LogP contribution >= 0.6 is 0 Å². The average molecular weight is 255 g/mol. The molecule has 18 heavy (non-hydrogen) atoms. The topological polar surface area (TPSA) is 77.2 Å². The first kappa shape index (κ1) is 12.0. The summed E-state index contributed by atoms with van der Waals surface area (Å²) < 4.78 is 29.7. The first-order valence-corrected chi connectivity index (χ1v) is 4.78. The number of alkyl halides is 2. The molecular weight excluding hydrogens is 248 g/mol. The fraction of sp³-hybridized carbons (Fsp3) is 0.100. The van der Waals surface area contributed by atoms with Gasteiger partial charge in [0.1, 0.15) is 5.69 Å². The van der Waals surface area contributed by atoms with Crippen molar-refractivity contribution in [3.8, 4) is 11.4 Å². The summed E-state index contributed by atoms with van der Waals surface area (Å²) >= 11 is 0. The minimum Gasteiger partial charge on any atom is -0.476 e. The maximum atomic E-state index is 12.2. The van der Waals surface area contributed by atoms with Gasteiger partial charge in [-0.25, -0.2) is 9.48 Å². The third-order valence-corrected chi connectivity index (χ3v) is 2.04. The standard InChI is InChI=1S/C10H7F2N3O3/c11-10(12)18-8-4-2-1-3-7(8)15-5-6(9(16)17)13-14-15/h1-5,10H,(H,16,17). The van der Waals surface area contributed by atoms with Crippen molar-refractivity contribution in [3.05, 3.63) is 36.2 Å². The third kappa shape index (κ3) is 2.42. The molecule has 94 valence electrons. The number of para-hydroxylation sites is 2. The molecule has 0 radical (unpaired) electrons. The predicted octanol–water partition coefficient (Wildman–Crippen LogP) is 1.57. The first-order valence-electron chi connectivity index (χ1n) is 4.78. The molecule has 1 heterocycles. The Morgan fingerprint density at radius 1 is 1.39 bits per heavy atom. The normalized spacial score (nSPS) is 10.6. The lowest BCUT2D eigenvalue weighted by atomic mass is 10.3. The van der Waals surface area contributed by atoms with E-state index in [-0.39, 0.29) is 17.1 Å². The van der Waals surface area contributed by atoms with Crippen LogP contribution in [0.5, 0.6) is 5.75 Å². The Morgan fingerprint density at radius 2 is 2.11 bits per heavy atom. The second kappa shape index (κ2) is 4.78. The van der Waals surface area contributed by atoms with Gasteiger partial charge in [0.05, 0.1) is 6.20 Å². The van der Waals surface area contributed by atoms with Crippen LogP contribution in [0.25, 0.3) is 5.69 Å². The summed E-state index contributed by atoms with van der Waals surface area (Å²) in [5, 5.41) is 15.6. The van der Waals surface area contributed by atoms with E-state index in [1.807, 2.05) is 0 Å². The molecule has 0 unspecified atom stereocenters. The van der Waals surface area contributed by atoms with Crippen LogP contribution in [0.2, 0.25) is 0 Å². The van der Waals surface area contributed by atoms with Crippen LogP contribution < -0.4 is 4.74 Å². The second-order valence-corrected chi connectivity index (χ2v) is 3.20. The fourth-order valence-corrected chi connectivity index (χ4v) is 1.32. The molecule has 0 amide bonds. The molecule has 1 aromatic carbocycles. The van der Waals surface area contributed by atoms with Crippen molar-refractivity contribution in [3.63, 3.8) is 0 Å². The van der Waals surface area contributed by atoms with Gasteiger partial charge in [0.15, 0.2) is 11.4 Å². The van der Waals surface area contributed by atoms with Crippen LogP contribution in [0.15, 0.2) is 30.5 Å². The zero-order valence-corrected chi connectivity index (χ0v) is 8.83. The highest BCUT2D eigenvalue weighted by Gasteiger charge is 2.14. The lowest BCUT2D eigenvalue weighted by Crippen LogP contribution is -2.06. The van der Waals surface area contributed by atoms with E-state index in [4.69, 9.17) is 5.11 Å². The highest BCUT2D eigenvalue weighted by atomic mass is 19.3. The van der Waals surface area contributed by atoms with Gasteiger partial charge >= 0.3 is 12.6 Å². The molecule has 1 aromatic heterocycles. The van der Waals surface area contributed by atoms with Crippen LogP contribution in [-0.2, 0) is 0 Å². The monoisotopic (exact) mass is 255 g/mol. The summed E-state index contributed by atoms with van der Waals surface area (Å²) in [6.45, 7) is -2.98. The number of rotatable bonds is 4. The Bertz CT molecular complexity index is 571. The van der Waals surface area contributed by atoms with Gasteiger partial charge in [-0.3, -0.25) is 0 Å². The Balaban J connectivity index is 2.39. The van der Waals surface area contributed by atoms with Crippen molar-refractivity contribution >= 4 is 5.97 Å². The van der Waals surface area contributed by atoms with Crippen molar-refractivity contribution in [1.29, 1.82) is 0 Å². The van der Waals surface area contributed by atoms with E-state index in [0.29, 0.717) is 0 Å². The van der Waals surface area contributed by atoms with Gasteiger partial charge in [0, 0.05) is 0 Å². The average Bonchev–Trinajstić information content (AvgIpc) is 2.78. The van der Waals surface area contributed by atoms with Gasteiger partial charge in [-0.05, 0) is 12.1 Å². The number of hydrogen-bond acceptors (Lipinski definition) is 4. The van der Waals surface area contributed by atoms with E-state index < -0.39 is 12.6 Å². The number of nitrogens with zero attached hydrogens (tertiary/aromatic N) is 3. The molecule has 0 aliphatic rings. The van der Waals surface area contributed by atoms with E-state index in [9.17, 15) is 13.6 Å². The quantitative estimate of drug-likeness (QED) is 0.897. The van der Waals surface area contributed by atoms with Crippen molar-refractivity contribution in [2.75, 3.05) is 0 Å². The molecule has 6 nitrogen and oxygen atoms in total. The zero-order valence-electron chi connectivity index (χ0n) is 8.83. The molecule has 0 saturated carbocycles. The first-order chi connectivity index (χ1) is 8.58. The molecule has 0 atom stereocenters. The number of benzene rings is 1. The molecule has 8 heteroatoms. The Hall–Kier alpha value is -2.51. The SMILES string of the molecule is O=C(O)c1cn(-c2ccccc2OC(F)F)nn1.